The molecule has 0 spiro atoms. The molecule has 4 N–H and O–H groups in total. The lowest BCUT2D eigenvalue weighted by Gasteiger charge is -2.21. The molecule has 4 rings (SSSR count). The number of nitriles is 1. The average Bonchev–Trinajstić information content (AvgIpc) is 3.43. The van der Waals surface area contributed by atoms with Gasteiger partial charge in [-0.2, -0.15) is 5.26 Å². The van der Waals surface area contributed by atoms with Crippen molar-refractivity contribution in [1.29, 1.82) is 5.26 Å². The second-order valence-corrected chi connectivity index (χ2v) is 10.7. The van der Waals surface area contributed by atoms with Crippen LogP contribution in [0, 0.1) is 29.0 Å². The normalized spacial score (nSPS) is 20.3. The first-order chi connectivity index (χ1) is 17.0. The quantitative estimate of drug-likeness (QED) is 0.405. The molecule has 0 radical (unpaired) electrons. The van der Waals surface area contributed by atoms with E-state index in [0.29, 0.717) is 24.1 Å². The molecule has 192 valence electrons. The van der Waals surface area contributed by atoms with Crippen molar-refractivity contribution < 1.29 is 23.5 Å². The number of carbonyl (C=O) groups excluding carboxylic acids is 3. The molecule has 36 heavy (non-hydrogen) atoms. The number of fused-ring (bicyclic) bond motifs is 1. The van der Waals surface area contributed by atoms with E-state index in [-0.39, 0.29) is 45.8 Å². The molecular formula is C25H29ClFN5O4. The van der Waals surface area contributed by atoms with Crippen LogP contribution < -0.4 is 20.7 Å². The third kappa shape index (κ3) is 5.57. The second kappa shape index (κ2) is 9.97. The number of benzene rings is 1. The molecular weight excluding hydrogens is 489 g/mol. The first-order valence-electron chi connectivity index (χ1n) is 11.9. The zero-order valence-electron chi connectivity index (χ0n) is 20.3. The number of ether oxygens (including phenoxy) is 1. The number of halogens is 2. The maximum atomic E-state index is 14.4. The summed E-state index contributed by atoms with van der Waals surface area (Å²) in [6.07, 6.45) is 3.06. The maximum absolute atomic E-state index is 14.4. The lowest BCUT2D eigenvalue weighted by atomic mass is 9.92. The van der Waals surface area contributed by atoms with E-state index in [4.69, 9.17) is 16.3 Å². The maximum Gasteiger partial charge on any atom is 0.268 e. The Labute approximate surface area is 213 Å². The van der Waals surface area contributed by atoms with Crippen molar-refractivity contribution in [2.24, 2.45) is 11.8 Å². The van der Waals surface area contributed by atoms with Crippen molar-refractivity contribution in [2.45, 2.75) is 63.6 Å². The van der Waals surface area contributed by atoms with E-state index in [9.17, 15) is 24.0 Å². The van der Waals surface area contributed by atoms with Gasteiger partial charge in [-0.05, 0) is 51.2 Å². The number of methoxy groups -OCH3 is 1. The van der Waals surface area contributed by atoms with E-state index in [1.165, 1.54) is 13.2 Å². The number of hydrogen-bond donors (Lipinski definition) is 4. The van der Waals surface area contributed by atoms with Gasteiger partial charge in [-0.3, -0.25) is 14.4 Å². The number of nitrogens with one attached hydrogen (secondary N) is 4. The number of H-pyrrole nitrogens is 1. The van der Waals surface area contributed by atoms with Gasteiger partial charge in [0.25, 0.3) is 5.91 Å². The van der Waals surface area contributed by atoms with Gasteiger partial charge in [0.15, 0.2) is 0 Å². The van der Waals surface area contributed by atoms with Crippen molar-refractivity contribution in [1.82, 2.24) is 20.9 Å². The van der Waals surface area contributed by atoms with E-state index in [1.54, 1.807) is 0 Å². The van der Waals surface area contributed by atoms with E-state index in [2.05, 4.69) is 27.0 Å². The Morgan fingerprint density at radius 1 is 1.31 bits per heavy atom. The Hall–Kier alpha value is -3.32. The van der Waals surface area contributed by atoms with Crippen LogP contribution in [0.2, 0.25) is 5.02 Å². The van der Waals surface area contributed by atoms with Crippen LogP contribution >= 0.6 is 11.6 Å². The molecule has 2 fully saturated rings. The standard InChI is InChI=1S/C25H29ClFN5O4/c1-25(2)10-13(22(33)32-25)7-14(11-28)29-23(34)18(6-12-4-5-12)31-24(35)19-8-15-20(30-19)17(27)9-16(26)21(15)36-3/h8-9,12-14,18,30H,4-7,10H2,1-3H3,(H,29,34)(H,31,35)(H,32,33)/t13-,14?,18?/m1/s1. The van der Waals surface area contributed by atoms with Crippen LogP contribution in [0.25, 0.3) is 10.9 Å². The van der Waals surface area contributed by atoms with Gasteiger partial charge < -0.3 is 25.7 Å². The summed E-state index contributed by atoms with van der Waals surface area (Å²) in [5, 5.41) is 18.3. The molecule has 1 aliphatic carbocycles. The number of hydrogen-bond acceptors (Lipinski definition) is 5. The molecule has 1 saturated carbocycles. The molecule has 11 heteroatoms. The highest BCUT2D eigenvalue weighted by Gasteiger charge is 2.39. The van der Waals surface area contributed by atoms with Crippen molar-refractivity contribution in [3.05, 3.63) is 28.7 Å². The summed E-state index contributed by atoms with van der Waals surface area (Å²) in [6.45, 7) is 3.82. The van der Waals surface area contributed by atoms with E-state index in [1.807, 2.05) is 13.8 Å². The lowest BCUT2D eigenvalue weighted by Crippen LogP contribution is -2.50. The van der Waals surface area contributed by atoms with Gasteiger partial charge in [0.2, 0.25) is 11.8 Å². The third-order valence-electron chi connectivity index (χ3n) is 6.69. The fourth-order valence-corrected chi connectivity index (χ4v) is 5.04. The number of carbonyl (C=O) groups is 3. The van der Waals surface area contributed by atoms with Crippen molar-refractivity contribution in [3.8, 4) is 11.8 Å². The van der Waals surface area contributed by atoms with Crippen molar-refractivity contribution >= 4 is 40.2 Å². The van der Waals surface area contributed by atoms with Crippen LogP contribution in [-0.2, 0) is 9.59 Å². The molecule has 1 aromatic heterocycles. The van der Waals surface area contributed by atoms with Gasteiger partial charge >= 0.3 is 0 Å². The molecule has 3 atom stereocenters. The number of aromatic amines is 1. The van der Waals surface area contributed by atoms with Gasteiger partial charge in [-0.15, -0.1) is 0 Å². The van der Waals surface area contributed by atoms with Crippen LogP contribution in [0.5, 0.6) is 5.75 Å². The molecule has 0 bridgehead atoms. The second-order valence-electron chi connectivity index (χ2n) is 10.3. The van der Waals surface area contributed by atoms with E-state index < -0.39 is 29.7 Å². The van der Waals surface area contributed by atoms with Crippen molar-refractivity contribution in [3.63, 3.8) is 0 Å². The minimum absolute atomic E-state index is 0.0414. The third-order valence-corrected chi connectivity index (χ3v) is 6.97. The predicted molar refractivity (Wildman–Crippen MR) is 131 cm³/mol. The van der Waals surface area contributed by atoms with Gasteiger partial charge in [0.05, 0.1) is 23.7 Å². The van der Waals surface area contributed by atoms with E-state index >= 15 is 0 Å². The molecule has 3 amide bonds. The zero-order valence-corrected chi connectivity index (χ0v) is 21.1. The van der Waals surface area contributed by atoms with Crippen LogP contribution in [0.1, 0.15) is 56.4 Å². The summed E-state index contributed by atoms with van der Waals surface area (Å²) in [5.41, 5.74) is -0.258. The molecule has 2 aromatic rings. The summed E-state index contributed by atoms with van der Waals surface area (Å²) in [7, 11) is 1.39. The zero-order chi connectivity index (χ0) is 26.2. The molecule has 1 aliphatic heterocycles. The van der Waals surface area contributed by atoms with Crippen LogP contribution in [0.4, 0.5) is 4.39 Å². The first kappa shape index (κ1) is 25.8. The topological polar surface area (TPSA) is 136 Å². The molecule has 2 heterocycles. The molecule has 1 aromatic carbocycles. The van der Waals surface area contributed by atoms with Gasteiger partial charge in [0, 0.05) is 16.8 Å². The SMILES string of the molecule is COc1c(Cl)cc(F)c2[nH]c(C(=O)NC(CC3CC3)C(=O)NC(C#N)C[C@@H]3CC(C)(C)NC3=O)cc12. The Balaban J connectivity index is 1.48. The highest BCUT2D eigenvalue weighted by molar-refractivity contribution is 6.33. The minimum Gasteiger partial charge on any atom is -0.494 e. The monoisotopic (exact) mass is 517 g/mol. The molecule has 2 aliphatic rings. The summed E-state index contributed by atoms with van der Waals surface area (Å²) < 4.78 is 19.7. The van der Waals surface area contributed by atoms with Crippen LogP contribution in [0.3, 0.4) is 0 Å². The highest BCUT2D eigenvalue weighted by atomic mass is 35.5. The number of nitrogens with zero attached hydrogens (tertiary/aromatic N) is 1. The summed E-state index contributed by atoms with van der Waals surface area (Å²) in [4.78, 5) is 41.1. The molecule has 1 saturated heterocycles. The predicted octanol–water partition coefficient (Wildman–Crippen LogP) is 3.18. The number of amides is 3. The smallest absolute Gasteiger partial charge is 0.268 e. The summed E-state index contributed by atoms with van der Waals surface area (Å²) in [6, 6.07) is 2.80. The van der Waals surface area contributed by atoms with Gasteiger partial charge in [-0.1, -0.05) is 24.4 Å². The minimum atomic E-state index is -0.892. The Bertz CT molecular complexity index is 1250. The lowest BCUT2D eigenvalue weighted by molar-refractivity contribution is -0.125. The fraction of sp³-hybridized carbons (Fsp3) is 0.520. The Morgan fingerprint density at radius 3 is 2.61 bits per heavy atom. The Kier molecular flexibility index (Phi) is 7.14. The molecule has 2 unspecified atom stereocenters. The average molecular weight is 518 g/mol. The highest BCUT2D eigenvalue weighted by Crippen LogP contribution is 2.36. The summed E-state index contributed by atoms with van der Waals surface area (Å²) >= 11 is 6.05. The Morgan fingerprint density at radius 2 is 2.03 bits per heavy atom. The van der Waals surface area contributed by atoms with Gasteiger partial charge in [-0.25, -0.2) is 4.39 Å². The summed E-state index contributed by atoms with van der Waals surface area (Å²) in [5.74, 6) is -1.74. The van der Waals surface area contributed by atoms with Crippen molar-refractivity contribution in [2.75, 3.05) is 7.11 Å². The largest absolute Gasteiger partial charge is 0.494 e. The number of aromatic nitrogens is 1. The molecule has 9 nitrogen and oxygen atoms in total. The fourth-order valence-electron chi connectivity index (χ4n) is 4.77. The first-order valence-corrected chi connectivity index (χ1v) is 12.3. The van der Waals surface area contributed by atoms with E-state index in [0.717, 1.165) is 18.9 Å². The number of rotatable bonds is 9. The van der Waals surface area contributed by atoms with Gasteiger partial charge in [0.1, 0.15) is 29.3 Å². The van der Waals surface area contributed by atoms with Crippen LogP contribution in [-0.4, -0.2) is 47.4 Å². The van der Waals surface area contributed by atoms with Crippen LogP contribution in [0.15, 0.2) is 12.1 Å².